The van der Waals surface area contributed by atoms with Gasteiger partial charge < -0.3 is 20.0 Å². The van der Waals surface area contributed by atoms with Crippen LogP contribution in [-0.2, 0) is 0 Å². The van der Waals surface area contributed by atoms with E-state index in [0.29, 0.717) is 31.9 Å². The van der Waals surface area contributed by atoms with Crippen LogP contribution >= 0.6 is 0 Å². The first kappa shape index (κ1) is 18.0. The van der Waals surface area contributed by atoms with Gasteiger partial charge in [0, 0.05) is 57.7 Å². The summed E-state index contributed by atoms with van der Waals surface area (Å²) >= 11 is 0. The van der Waals surface area contributed by atoms with Crippen LogP contribution in [0.4, 0.5) is 30.6 Å². The van der Waals surface area contributed by atoms with Crippen LogP contribution in [0.3, 0.4) is 0 Å². The van der Waals surface area contributed by atoms with Gasteiger partial charge in [0.25, 0.3) is 0 Å². The molecule has 1 heterocycles. The van der Waals surface area contributed by atoms with E-state index in [1.54, 1.807) is 4.90 Å². The quantitative estimate of drug-likeness (QED) is 0.912. The van der Waals surface area contributed by atoms with Crippen LogP contribution in [0, 0.1) is 11.6 Å². The van der Waals surface area contributed by atoms with E-state index in [9.17, 15) is 13.6 Å². The van der Waals surface area contributed by atoms with Crippen molar-refractivity contribution in [1.82, 2.24) is 4.90 Å². The van der Waals surface area contributed by atoms with Gasteiger partial charge >= 0.3 is 6.03 Å². The molecule has 0 aromatic heterocycles. The maximum atomic E-state index is 13.9. The number of hydrogen-bond acceptors (Lipinski definition) is 3. The molecular weight excluding hydrogens is 338 g/mol. The Kier molecular flexibility index (Phi) is 5.25. The number of urea groups is 1. The number of carbonyl (C=O) groups is 1. The summed E-state index contributed by atoms with van der Waals surface area (Å²) in [6, 6.07) is 11.0. The largest absolute Gasteiger partial charge is 0.378 e. The van der Waals surface area contributed by atoms with Crippen molar-refractivity contribution in [3.05, 3.63) is 54.1 Å². The normalized spacial score (nSPS) is 14.3. The molecule has 2 aromatic rings. The van der Waals surface area contributed by atoms with Gasteiger partial charge in [0.05, 0.1) is 5.69 Å². The molecular formula is C19H22F2N4O. The van der Waals surface area contributed by atoms with Gasteiger partial charge in [-0.2, -0.15) is 0 Å². The number of rotatable bonds is 3. The summed E-state index contributed by atoms with van der Waals surface area (Å²) in [7, 11) is 3.91. The molecule has 1 N–H and O–H groups in total. The standard InChI is InChI=1S/C19H22F2N4O/c1-23(2)16-6-4-15(5-7-16)22-19(26)25-11-9-24(10-12-25)18-8-3-14(20)13-17(18)21/h3-8,13H,9-12H2,1-2H3,(H,22,26). The highest BCUT2D eigenvalue weighted by molar-refractivity contribution is 5.89. The molecule has 0 aliphatic carbocycles. The van der Waals surface area contributed by atoms with E-state index in [4.69, 9.17) is 0 Å². The first-order valence-corrected chi connectivity index (χ1v) is 8.47. The van der Waals surface area contributed by atoms with Crippen molar-refractivity contribution in [2.45, 2.75) is 0 Å². The lowest BCUT2D eigenvalue weighted by Crippen LogP contribution is -2.50. The van der Waals surface area contributed by atoms with Crippen molar-refractivity contribution in [2.24, 2.45) is 0 Å². The molecule has 5 nitrogen and oxygen atoms in total. The molecule has 3 rings (SSSR count). The zero-order valence-corrected chi connectivity index (χ0v) is 14.9. The van der Waals surface area contributed by atoms with E-state index in [1.807, 2.05) is 48.2 Å². The molecule has 26 heavy (non-hydrogen) atoms. The second-order valence-corrected chi connectivity index (χ2v) is 6.44. The Morgan fingerprint density at radius 1 is 1.00 bits per heavy atom. The molecule has 0 radical (unpaired) electrons. The maximum absolute atomic E-state index is 13.9. The zero-order chi connectivity index (χ0) is 18.7. The van der Waals surface area contributed by atoms with Crippen molar-refractivity contribution >= 4 is 23.1 Å². The third-order valence-corrected chi connectivity index (χ3v) is 4.45. The average molecular weight is 360 g/mol. The Bertz CT molecular complexity index is 772. The van der Waals surface area contributed by atoms with Gasteiger partial charge in [-0.05, 0) is 36.4 Å². The van der Waals surface area contributed by atoms with Crippen LogP contribution in [0.25, 0.3) is 0 Å². The summed E-state index contributed by atoms with van der Waals surface area (Å²) in [6.07, 6.45) is 0. The van der Waals surface area contributed by atoms with E-state index in [1.165, 1.54) is 12.1 Å². The number of amides is 2. The van der Waals surface area contributed by atoms with Gasteiger partial charge in [-0.3, -0.25) is 0 Å². The molecule has 1 aliphatic rings. The summed E-state index contributed by atoms with van der Waals surface area (Å²) in [6.45, 7) is 1.93. The number of anilines is 3. The highest BCUT2D eigenvalue weighted by atomic mass is 19.1. The Balaban J connectivity index is 1.56. The lowest BCUT2D eigenvalue weighted by Gasteiger charge is -2.36. The third kappa shape index (κ3) is 4.04. The second-order valence-electron chi connectivity index (χ2n) is 6.44. The van der Waals surface area contributed by atoms with Gasteiger partial charge in [-0.25, -0.2) is 13.6 Å². The summed E-state index contributed by atoms with van der Waals surface area (Å²) in [5, 5.41) is 2.88. The molecule has 7 heteroatoms. The Labute approximate surface area is 151 Å². The van der Waals surface area contributed by atoms with Crippen LogP contribution in [0.1, 0.15) is 0 Å². The third-order valence-electron chi connectivity index (χ3n) is 4.45. The highest BCUT2D eigenvalue weighted by Gasteiger charge is 2.23. The molecule has 2 amide bonds. The van der Waals surface area contributed by atoms with E-state index in [0.717, 1.165) is 17.4 Å². The zero-order valence-electron chi connectivity index (χ0n) is 14.9. The minimum absolute atomic E-state index is 0.179. The molecule has 0 bridgehead atoms. The number of benzene rings is 2. The van der Waals surface area contributed by atoms with Gasteiger partial charge in [-0.1, -0.05) is 0 Å². The number of halogens is 2. The van der Waals surface area contributed by atoms with Crippen molar-refractivity contribution in [1.29, 1.82) is 0 Å². The van der Waals surface area contributed by atoms with Crippen LogP contribution in [0.15, 0.2) is 42.5 Å². The first-order valence-electron chi connectivity index (χ1n) is 8.47. The number of nitrogens with one attached hydrogen (secondary N) is 1. The average Bonchev–Trinajstić information content (AvgIpc) is 2.62. The van der Waals surface area contributed by atoms with E-state index >= 15 is 0 Å². The van der Waals surface area contributed by atoms with Gasteiger partial charge in [0.15, 0.2) is 0 Å². The van der Waals surface area contributed by atoms with Crippen LogP contribution in [-0.4, -0.2) is 51.2 Å². The van der Waals surface area contributed by atoms with Gasteiger partial charge in [-0.15, -0.1) is 0 Å². The first-order chi connectivity index (χ1) is 12.4. The predicted octanol–water partition coefficient (Wildman–Crippen LogP) is 3.38. The Morgan fingerprint density at radius 2 is 1.65 bits per heavy atom. The van der Waals surface area contributed by atoms with Crippen molar-refractivity contribution in [3.63, 3.8) is 0 Å². The van der Waals surface area contributed by atoms with Gasteiger partial charge in [0.1, 0.15) is 11.6 Å². The molecule has 138 valence electrons. The molecule has 1 aliphatic heterocycles. The maximum Gasteiger partial charge on any atom is 0.321 e. The smallest absolute Gasteiger partial charge is 0.321 e. The number of piperazine rings is 1. The number of carbonyl (C=O) groups excluding carboxylic acids is 1. The molecule has 2 aromatic carbocycles. The minimum atomic E-state index is -0.593. The summed E-state index contributed by atoms with van der Waals surface area (Å²) < 4.78 is 26.9. The summed E-state index contributed by atoms with van der Waals surface area (Å²) in [5.41, 5.74) is 2.15. The Hall–Kier alpha value is -2.83. The fourth-order valence-electron chi connectivity index (χ4n) is 2.93. The van der Waals surface area contributed by atoms with Crippen molar-refractivity contribution in [3.8, 4) is 0 Å². The molecule has 0 saturated carbocycles. The molecule has 0 unspecified atom stereocenters. The van der Waals surface area contributed by atoms with Crippen molar-refractivity contribution < 1.29 is 13.6 Å². The molecule has 1 fully saturated rings. The molecule has 1 saturated heterocycles. The fourth-order valence-corrected chi connectivity index (χ4v) is 2.93. The van der Waals surface area contributed by atoms with E-state index < -0.39 is 11.6 Å². The predicted molar refractivity (Wildman–Crippen MR) is 99.9 cm³/mol. The lowest BCUT2D eigenvalue weighted by molar-refractivity contribution is 0.208. The molecule has 0 atom stereocenters. The fraction of sp³-hybridized carbons (Fsp3) is 0.316. The Morgan fingerprint density at radius 3 is 2.23 bits per heavy atom. The number of nitrogens with zero attached hydrogens (tertiary/aromatic N) is 3. The summed E-state index contributed by atoms with van der Waals surface area (Å²) in [4.78, 5) is 17.9. The number of hydrogen-bond donors (Lipinski definition) is 1. The lowest BCUT2D eigenvalue weighted by atomic mass is 10.2. The van der Waals surface area contributed by atoms with E-state index in [-0.39, 0.29) is 6.03 Å². The second kappa shape index (κ2) is 7.59. The highest BCUT2D eigenvalue weighted by Crippen LogP contribution is 2.22. The summed E-state index contributed by atoms with van der Waals surface area (Å²) in [5.74, 6) is -1.17. The van der Waals surface area contributed by atoms with Crippen LogP contribution in [0.5, 0.6) is 0 Å². The SMILES string of the molecule is CN(C)c1ccc(NC(=O)N2CCN(c3ccc(F)cc3F)CC2)cc1. The van der Waals surface area contributed by atoms with Crippen molar-refractivity contribution in [2.75, 3.05) is 55.4 Å². The van der Waals surface area contributed by atoms with Crippen LogP contribution in [0.2, 0.25) is 0 Å². The monoisotopic (exact) mass is 360 g/mol. The minimum Gasteiger partial charge on any atom is -0.378 e. The molecule has 0 spiro atoms. The van der Waals surface area contributed by atoms with E-state index in [2.05, 4.69) is 5.32 Å². The van der Waals surface area contributed by atoms with Gasteiger partial charge in [0.2, 0.25) is 0 Å². The topological polar surface area (TPSA) is 38.8 Å². The van der Waals surface area contributed by atoms with Crippen LogP contribution < -0.4 is 15.1 Å².